The van der Waals surface area contributed by atoms with E-state index in [0.717, 1.165) is 46.4 Å². The SMILES string of the molecule is CCCc1ccc2c(oc3nc(-c4ccccc4)ccc32)c1-c1cc(CC2CCCC2)c(C(C)C)c[n+]1C. The first-order valence-electron chi connectivity index (χ1n) is 14.5. The summed E-state index contributed by atoms with van der Waals surface area (Å²) in [6.45, 7) is 6.91. The monoisotopic (exact) mass is 503 g/mol. The summed E-state index contributed by atoms with van der Waals surface area (Å²) in [5.74, 6) is 1.31. The van der Waals surface area contributed by atoms with Crippen molar-refractivity contribution < 1.29 is 8.98 Å². The molecule has 0 atom stereocenters. The molecule has 0 N–H and O–H groups in total. The molecule has 1 saturated carbocycles. The standard InChI is InChI=1S/C35H39N2O/c1-5-11-26-16-17-28-29-18-19-31(25-14-7-6-8-15-25)36-35(29)38-34(28)33(26)32-21-27(20-24-12-9-10-13-24)30(23(2)3)22-37(32)4/h6-8,14-19,21-24H,5,9-13,20H2,1-4H3/q+1. The van der Waals surface area contributed by atoms with Gasteiger partial charge < -0.3 is 4.42 Å². The minimum Gasteiger partial charge on any atom is -0.437 e. The van der Waals surface area contributed by atoms with Gasteiger partial charge in [-0.05, 0) is 47.9 Å². The summed E-state index contributed by atoms with van der Waals surface area (Å²) < 4.78 is 9.00. The molecule has 0 aliphatic heterocycles. The molecule has 0 radical (unpaired) electrons. The molecule has 0 amide bonds. The zero-order valence-corrected chi connectivity index (χ0v) is 23.3. The van der Waals surface area contributed by atoms with Gasteiger partial charge in [-0.3, -0.25) is 0 Å². The highest BCUT2D eigenvalue weighted by molar-refractivity contribution is 6.09. The normalized spacial score (nSPS) is 14.3. The third-order valence-corrected chi connectivity index (χ3v) is 8.44. The van der Waals surface area contributed by atoms with Gasteiger partial charge in [-0.2, -0.15) is 0 Å². The van der Waals surface area contributed by atoms with Crippen LogP contribution in [0.3, 0.4) is 0 Å². The summed E-state index contributed by atoms with van der Waals surface area (Å²) in [6, 6.07) is 21.7. The molecule has 0 unspecified atom stereocenters. The maximum absolute atomic E-state index is 6.67. The van der Waals surface area contributed by atoms with Crippen LogP contribution < -0.4 is 4.57 Å². The number of aromatic nitrogens is 2. The Bertz CT molecular complexity index is 1590. The molecule has 1 aliphatic rings. The second-order valence-electron chi connectivity index (χ2n) is 11.5. The molecule has 3 heterocycles. The molecule has 0 bridgehead atoms. The lowest BCUT2D eigenvalue weighted by atomic mass is 9.88. The number of benzene rings is 2. The summed E-state index contributed by atoms with van der Waals surface area (Å²) >= 11 is 0. The fourth-order valence-electron chi connectivity index (χ4n) is 6.47. The molecule has 0 spiro atoms. The highest BCUT2D eigenvalue weighted by atomic mass is 16.3. The van der Waals surface area contributed by atoms with Crippen LogP contribution in [-0.4, -0.2) is 4.98 Å². The summed E-state index contributed by atoms with van der Waals surface area (Å²) in [7, 11) is 2.20. The summed E-state index contributed by atoms with van der Waals surface area (Å²) in [5, 5.41) is 2.23. The lowest BCUT2D eigenvalue weighted by Gasteiger charge is -2.17. The molecular weight excluding hydrogens is 464 g/mol. The third-order valence-electron chi connectivity index (χ3n) is 8.44. The van der Waals surface area contributed by atoms with Crippen LogP contribution >= 0.6 is 0 Å². The van der Waals surface area contributed by atoms with Crippen LogP contribution in [0.1, 0.15) is 75.5 Å². The summed E-state index contributed by atoms with van der Waals surface area (Å²) in [6.07, 6.45) is 11.2. The summed E-state index contributed by atoms with van der Waals surface area (Å²) in [5.41, 5.74) is 10.5. The van der Waals surface area contributed by atoms with Gasteiger partial charge in [0.2, 0.25) is 11.4 Å². The Morgan fingerprint density at radius 2 is 1.71 bits per heavy atom. The molecule has 0 saturated heterocycles. The molecule has 38 heavy (non-hydrogen) atoms. The molecule has 1 aliphatic carbocycles. The Morgan fingerprint density at radius 1 is 0.947 bits per heavy atom. The molecule has 2 aromatic carbocycles. The van der Waals surface area contributed by atoms with Gasteiger partial charge in [-0.1, -0.05) is 95.3 Å². The van der Waals surface area contributed by atoms with Crippen LogP contribution in [0.2, 0.25) is 0 Å². The molecular formula is C35H39N2O+. The van der Waals surface area contributed by atoms with Crippen LogP contribution in [0.5, 0.6) is 0 Å². The van der Waals surface area contributed by atoms with Crippen LogP contribution in [0.4, 0.5) is 0 Å². The van der Waals surface area contributed by atoms with Gasteiger partial charge in [-0.25, -0.2) is 9.55 Å². The van der Waals surface area contributed by atoms with Crippen molar-refractivity contribution in [3.05, 3.63) is 83.6 Å². The zero-order valence-electron chi connectivity index (χ0n) is 23.3. The van der Waals surface area contributed by atoms with Crippen molar-refractivity contribution in [2.45, 2.75) is 71.6 Å². The molecule has 3 aromatic heterocycles. The van der Waals surface area contributed by atoms with Crippen LogP contribution in [0.25, 0.3) is 44.6 Å². The van der Waals surface area contributed by atoms with Crippen molar-refractivity contribution >= 4 is 22.1 Å². The van der Waals surface area contributed by atoms with Crippen molar-refractivity contribution in [3.63, 3.8) is 0 Å². The van der Waals surface area contributed by atoms with E-state index in [1.165, 1.54) is 60.1 Å². The van der Waals surface area contributed by atoms with Crippen molar-refractivity contribution in [1.82, 2.24) is 4.98 Å². The van der Waals surface area contributed by atoms with Gasteiger partial charge in [0.05, 0.1) is 11.3 Å². The topological polar surface area (TPSA) is 29.9 Å². The van der Waals surface area contributed by atoms with Gasteiger partial charge in [0.25, 0.3) is 0 Å². The number of nitrogens with zero attached hydrogens (tertiary/aromatic N) is 2. The van der Waals surface area contributed by atoms with E-state index in [2.05, 4.69) is 93.2 Å². The lowest BCUT2D eigenvalue weighted by Crippen LogP contribution is -2.33. The van der Waals surface area contributed by atoms with E-state index in [9.17, 15) is 0 Å². The number of furan rings is 1. The Morgan fingerprint density at radius 3 is 2.45 bits per heavy atom. The van der Waals surface area contributed by atoms with E-state index in [1.807, 2.05) is 6.07 Å². The van der Waals surface area contributed by atoms with Crippen molar-refractivity contribution in [2.24, 2.45) is 13.0 Å². The van der Waals surface area contributed by atoms with Gasteiger partial charge >= 0.3 is 0 Å². The zero-order chi connectivity index (χ0) is 26.2. The van der Waals surface area contributed by atoms with Gasteiger partial charge in [0.1, 0.15) is 7.05 Å². The van der Waals surface area contributed by atoms with Crippen molar-refractivity contribution in [1.29, 1.82) is 0 Å². The highest BCUT2D eigenvalue weighted by Crippen LogP contribution is 2.39. The molecule has 194 valence electrons. The third kappa shape index (κ3) is 4.53. The quantitative estimate of drug-likeness (QED) is 0.207. The first kappa shape index (κ1) is 24.9. The average molecular weight is 504 g/mol. The number of hydrogen-bond donors (Lipinski definition) is 0. The number of fused-ring (bicyclic) bond motifs is 3. The first-order chi connectivity index (χ1) is 18.5. The molecule has 6 rings (SSSR count). The van der Waals surface area contributed by atoms with Crippen LogP contribution in [-0.2, 0) is 19.9 Å². The predicted octanol–water partition coefficient (Wildman–Crippen LogP) is 8.95. The minimum absolute atomic E-state index is 0.504. The van der Waals surface area contributed by atoms with Crippen LogP contribution in [0, 0.1) is 5.92 Å². The van der Waals surface area contributed by atoms with E-state index in [1.54, 1.807) is 0 Å². The molecule has 3 nitrogen and oxygen atoms in total. The van der Waals surface area contributed by atoms with E-state index in [0.29, 0.717) is 11.6 Å². The second-order valence-corrected chi connectivity index (χ2v) is 11.5. The fraction of sp³-hybridized carbons (Fsp3) is 0.371. The van der Waals surface area contributed by atoms with E-state index >= 15 is 0 Å². The molecule has 3 heteroatoms. The maximum Gasteiger partial charge on any atom is 0.227 e. The van der Waals surface area contributed by atoms with Gasteiger partial charge in [0, 0.05) is 28.0 Å². The van der Waals surface area contributed by atoms with Gasteiger partial charge in [-0.15, -0.1) is 0 Å². The van der Waals surface area contributed by atoms with Gasteiger partial charge in [0.15, 0.2) is 11.8 Å². The Balaban J connectivity index is 1.56. The van der Waals surface area contributed by atoms with E-state index < -0.39 is 0 Å². The lowest BCUT2D eigenvalue weighted by molar-refractivity contribution is -0.660. The predicted molar refractivity (Wildman–Crippen MR) is 157 cm³/mol. The Labute approximate surface area is 226 Å². The van der Waals surface area contributed by atoms with Crippen LogP contribution in [0.15, 0.2) is 71.3 Å². The summed E-state index contributed by atoms with van der Waals surface area (Å²) in [4.78, 5) is 4.97. The average Bonchev–Trinajstić information content (AvgIpc) is 3.57. The van der Waals surface area contributed by atoms with E-state index in [4.69, 9.17) is 9.40 Å². The highest BCUT2D eigenvalue weighted by Gasteiger charge is 2.26. The number of rotatable bonds is 7. The van der Waals surface area contributed by atoms with Crippen molar-refractivity contribution in [2.75, 3.05) is 0 Å². The largest absolute Gasteiger partial charge is 0.437 e. The second kappa shape index (κ2) is 10.4. The first-order valence-corrected chi connectivity index (χ1v) is 14.5. The number of aryl methyl sites for hydroxylation is 2. The molecule has 1 fully saturated rings. The Kier molecular flexibility index (Phi) is 6.78. The molecule has 5 aromatic rings. The minimum atomic E-state index is 0.504. The smallest absolute Gasteiger partial charge is 0.227 e. The maximum atomic E-state index is 6.67. The number of hydrogen-bond acceptors (Lipinski definition) is 2. The number of pyridine rings is 2. The Hall–Kier alpha value is -3.46. The van der Waals surface area contributed by atoms with Crippen molar-refractivity contribution in [3.8, 4) is 22.5 Å². The van der Waals surface area contributed by atoms with E-state index in [-0.39, 0.29) is 0 Å². The fourth-order valence-corrected chi connectivity index (χ4v) is 6.47.